The molecule has 0 heterocycles. The minimum atomic E-state index is -4.66. The van der Waals surface area contributed by atoms with Gasteiger partial charge in [0.15, 0.2) is 0 Å². The molecule has 0 radical (unpaired) electrons. The Labute approximate surface area is 175 Å². The van der Waals surface area contributed by atoms with Crippen molar-refractivity contribution in [2.45, 2.75) is 11.1 Å². The van der Waals surface area contributed by atoms with Crippen LogP contribution in [0.2, 0.25) is 5.02 Å². The molecule has 3 aromatic rings. The molecule has 0 aliphatic heterocycles. The predicted molar refractivity (Wildman–Crippen MR) is 108 cm³/mol. The normalized spacial score (nSPS) is 11.7. The maximum atomic E-state index is 12.8. The number of anilines is 2. The van der Waals surface area contributed by atoms with Gasteiger partial charge in [-0.1, -0.05) is 17.7 Å². The largest absolute Gasteiger partial charge is 0.416 e. The average molecular weight is 455 g/mol. The van der Waals surface area contributed by atoms with Gasteiger partial charge in [-0.3, -0.25) is 9.52 Å². The highest BCUT2D eigenvalue weighted by atomic mass is 35.5. The van der Waals surface area contributed by atoms with Crippen molar-refractivity contribution in [3.8, 4) is 0 Å². The first-order valence-corrected chi connectivity index (χ1v) is 10.3. The zero-order valence-corrected chi connectivity index (χ0v) is 16.6. The lowest BCUT2D eigenvalue weighted by Crippen LogP contribution is -2.15. The standard InChI is InChI=1S/C20H14ClF3N2O3S/c21-15-6-10-16(11-7-15)25-19(27)13-4-8-17(9-5-13)26-30(28,29)18-3-1-2-14(12-18)20(22,23)24/h1-12,26H,(H,25,27). The minimum absolute atomic E-state index is 0.0930. The van der Waals surface area contributed by atoms with Crippen LogP contribution in [0.3, 0.4) is 0 Å². The Kier molecular flexibility index (Phi) is 6.04. The number of hydrogen-bond donors (Lipinski definition) is 2. The van der Waals surface area contributed by atoms with E-state index in [0.29, 0.717) is 16.8 Å². The number of halogens is 4. The van der Waals surface area contributed by atoms with E-state index in [9.17, 15) is 26.4 Å². The highest BCUT2D eigenvalue weighted by molar-refractivity contribution is 7.92. The molecule has 156 valence electrons. The van der Waals surface area contributed by atoms with Gasteiger partial charge in [0.1, 0.15) is 0 Å². The molecule has 0 unspecified atom stereocenters. The molecule has 0 aromatic heterocycles. The zero-order valence-electron chi connectivity index (χ0n) is 15.1. The van der Waals surface area contributed by atoms with Crippen LogP contribution in [0.25, 0.3) is 0 Å². The number of sulfonamides is 1. The molecule has 0 fully saturated rings. The third-order valence-electron chi connectivity index (χ3n) is 3.97. The maximum Gasteiger partial charge on any atom is 0.416 e. The number of carbonyl (C=O) groups excluding carboxylic acids is 1. The van der Waals surface area contributed by atoms with Gasteiger partial charge < -0.3 is 5.32 Å². The van der Waals surface area contributed by atoms with E-state index >= 15 is 0 Å². The van der Waals surface area contributed by atoms with Crippen molar-refractivity contribution in [3.63, 3.8) is 0 Å². The van der Waals surface area contributed by atoms with Crippen LogP contribution in [0.4, 0.5) is 24.5 Å². The molecule has 0 bridgehead atoms. The molecule has 0 saturated heterocycles. The van der Waals surface area contributed by atoms with E-state index in [2.05, 4.69) is 10.0 Å². The SMILES string of the molecule is O=C(Nc1ccc(Cl)cc1)c1ccc(NS(=O)(=O)c2cccc(C(F)(F)F)c2)cc1. The Balaban J connectivity index is 1.73. The summed E-state index contributed by atoms with van der Waals surface area (Å²) in [6.07, 6.45) is -4.66. The molecule has 1 amide bonds. The summed E-state index contributed by atoms with van der Waals surface area (Å²) in [5.74, 6) is -0.426. The molecule has 5 nitrogen and oxygen atoms in total. The average Bonchev–Trinajstić information content (AvgIpc) is 2.69. The molecule has 0 spiro atoms. The van der Waals surface area contributed by atoms with E-state index < -0.39 is 32.6 Å². The molecular formula is C20H14ClF3N2O3S. The van der Waals surface area contributed by atoms with Crippen LogP contribution in [0, 0.1) is 0 Å². The van der Waals surface area contributed by atoms with Crippen LogP contribution < -0.4 is 10.0 Å². The van der Waals surface area contributed by atoms with Crippen molar-refractivity contribution in [2.24, 2.45) is 0 Å². The number of alkyl halides is 3. The first-order valence-electron chi connectivity index (χ1n) is 8.42. The minimum Gasteiger partial charge on any atom is -0.322 e. The van der Waals surface area contributed by atoms with Gasteiger partial charge in [-0.15, -0.1) is 0 Å². The van der Waals surface area contributed by atoms with Crippen LogP contribution in [-0.2, 0) is 16.2 Å². The number of benzene rings is 3. The number of carbonyl (C=O) groups is 1. The molecule has 30 heavy (non-hydrogen) atoms. The van der Waals surface area contributed by atoms with Crippen molar-refractivity contribution >= 4 is 38.9 Å². The molecule has 0 saturated carbocycles. The Bertz CT molecular complexity index is 1160. The van der Waals surface area contributed by atoms with Crippen LogP contribution in [0.15, 0.2) is 77.7 Å². The van der Waals surface area contributed by atoms with E-state index in [4.69, 9.17) is 11.6 Å². The number of hydrogen-bond acceptors (Lipinski definition) is 3. The third-order valence-corrected chi connectivity index (χ3v) is 5.60. The predicted octanol–water partition coefficient (Wildman–Crippen LogP) is 5.41. The zero-order chi connectivity index (χ0) is 21.9. The molecule has 10 heteroatoms. The van der Waals surface area contributed by atoms with Crippen LogP contribution in [-0.4, -0.2) is 14.3 Å². The first kappa shape index (κ1) is 21.7. The first-order chi connectivity index (χ1) is 14.0. The fraction of sp³-hybridized carbons (Fsp3) is 0.0500. The van der Waals surface area contributed by atoms with E-state index in [1.165, 1.54) is 24.3 Å². The van der Waals surface area contributed by atoms with Crippen LogP contribution in [0.1, 0.15) is 15.9 Å². The van der Waals surface area contributed by atoms with E-state index in [-0.39, 0.29) is 11.3 Å². The summed E-state index contributed by atoms with van der Waals surface area (Å²) in [7, 11) is -4.24. The number of amides is 1. The van der Waals surface area contributed by atoms with Crippen LogP contribution >= 0.6 is 11.6 Å². The Morgan fingerprint density at radius 1 is 0.867 bits per heavy atom. The summed E-state index contributed by atoms with van der Waals surface area (Å²) in [4.78, 5) is 11.7. The molecule has 0 aliphatic carbocycles. The maximum absolute atomic E-state index is 12.8. The van der Waals surface area contributed by atoms with Crippen LogP contribution in [0.5, 0.6) is 0 Å². The van der Waals surface area contributed by atoms with Crippen molar-refractivity contribution in [1.29, 1.82) is 0 Å². The van der Waals surface area contributed by atoms with Crippen molar-refractivity contribution in [3.05, 3.63) is 88.9 Å². The van der Waals surface area contributed by atoms with E-state index in [1.54, 1.807) is 24.3 Å². The van der Waals surface area contributed by atoms with Crippen molar-refractivity contribution < 1.29 is 26.4 Å². The highest BCUT2D eigenvalue weighted by Crippen LogP contribution is 2.31. The Morgan fingerprint density at radius 2 is 1.47 bits per heavy atom. The second kappa shape index (κ2) is 8.37. The Morgan fingerprint density at radius 3 is 2.07 bits per heavy atom. The van der Waals surface area contributed by atoms with Crippen molar-refractivity contribution in [2.75, 3.05) is 10.0 Å². The quantitative estimate of drug-likeness (QED) is 0.541. The second-order valence-electron chi connectivity index (χ2n) is 6.17. The fourth-order valence-electron chi connectivity index (χ4n) is 2.48. The Hall–Kier alpha value is -3.04. The fourth-order valence-corrected chi connectivity index (χ4v) is 3.71. The van der Waals surface area contributed by atoms with Gasteiger partial charge in [-0.25, -0.2) is 8.42 Å². The summed E-state index contributed by atoms with van der Waals surface area (Å²) in [6.45, 7) is 0. The van der Waals surface area contributed by atoms with Gasteiger partial charge in [-0.05, 0) is 66.7 Å². The molecule has 3 aromatic carbocycles. The van der Waals surface area contributed by atoms with Gasteiger partial charge in [0.05, 0.1) is 10.5 Å². The lowest BCUT2D eigenvalue weighted by Gasteiger charge is -2.11. The lowest BCUT2D eigenvalue weighted by atomic mass is 10.2. The lowest BCUT2D eigenvalue weighted by molar-refractivity contribution is -0.137. The summed E-state index contributed by atoms with van der Waals surface area (Å²) in [5.41, 5.74) is -0.194. The molecular weight excluding hydrogens is 441 g/mol. The van der Waals surface area contributed by atoms with Gasteiger partial charge >= 0.3 is 6.18 Å². The summed E-state index contributed by atoms with van der Waals surface area (Å²) < 4.78 is 65.5. The summed E-state index contributed by atoms with van der Waals surface area (Å²) in [6, 6.07) is 15.3. The molecule has 0 atom stereocenters. The molecule has 0 aliphatic rings. The summed E-state index contributed by atoms with van der Waals surface area (Å²) in [5, 5.41) is 3.18. The van der Waals surface area contributed by atoms with Crippen molar-refractivity contribution in [1.82, 2.24) is 0 Å². The smallest absolute Gasteiger partial charge is 0.322 e. The van der Waals surface area contributed by atoms with Gasteiger partial charge in [0.25, 0.3) is 15.9 Å². The van der Waals surface area contributed by atoms with E-state index in [0.717, 1.165) is 18.2 Å². The summed E-state index contributed by atoms with van der Waals surface area (Å²) >= 11 is 5.79. The highest BCUT2D eigenvalue weighted by Gasteiger charge is 2.31. The number of nitrogens with one attached hydrogen (secondary N) is 2. The van der Waals surface area contributed by atoms with Gasteiger partial charge in [0, 0.05) is 22.0 Å². The molecule has 3 rings (SSSR count). The van der Waals surface area contributed by atoms with Gasteiger partial charge in [0.2, 0.25) is 0 Å². The monoisotopic (exact) mass is 454 g/mol. The van der Waals surface area contributed by atoms with Gasteiger partial charge in [-0.2, -0.15) is 13.2 Å². The molecule has 2 N–H and O–H groups in total. The number of rotatable bonds is 5. The second-order valence-corrected chi connectivity index (χ2v) is 8.29. The topological polar surface area (TPSA) is 75.3 Å². The third kappa shape index (κ3) is 5.31. The van der Waals surface area contributed by atoms with E-state index in [1.807, 2.05) is 0 Å².